The quantitative estimate of drug-likeness (QED) is 0.860. The van der Waals surface area contributed by atoms with Crippen molar-refractivity contribution < 1.29 is 4.79 Å². The van der Waals surface area contributed by atoms with E-state index in [1.54, 1.807) is 6.07 Å². The van der Waals surface area contributed by atoms with E-state index in [1.807, 2.05) is 51.1 Å². The van der Waals surface area contributed by atoms with E-state index < -0.39 is 0 Å². The highest BCUT2D eigenvalue weighted by molar-refractivity contribution is 5.93. The van der Waals surface area contributed by atoms with Crippen molar-refractivity contribution in [2.45, 2.75) is 33.2 Å². The molecule has 0 aliphatic carbocycles. The lowest BCUT2D eigenvalue weighted by Crippen LogP contribution is -2.25. The topological polar surface area (TPSA) is 66.9 Å². The maximum atomic E-state index is 12.2. The van der Waals surface area contributed by atoms with Gasteiger partial charge in [0.2, 0.25) is 0 Å². The van der Waals surface area contributed by atoms with E-state index in [-0.39, 0.29) is 11.9 Å². The van der Waals surface area contributed by atoms with Crippen molar-refractivity contribution in [2.24, 2.45) is 0 Å². The summed E-state index contributed by atoms with van der Waals surface area (Å²) in [5.74, 6) is 1.03. The smallest absolute Gasteiger partial charge is 0.270 e. The molecule has 116 valence electrons. The molecule has 1 heterocycles. The number of carbonyl (C=O) groups excluding carboxylic acids is 1. The molecule has 1 amide bonds. The number of nitrogens with one attached hydrogen (secondary N) is 2. The molecule has 1 aromatic carbocycles. The Hall–Kier alpha value is -2.43. The van der Waals surface area contributed by atoms with E-state index >= 15 is 0 Å². The summed E-state index contributed by atoms with van der Waals surface area (Å²) >= 11 is 0. The van der Waals surface area contributed by atoms with E-state index in [1.165, 1.54) is 0 Å². The fraction of sp³-hybridized carbons (Fsp3) is 0.353. The minimum atomic E-state index is -0.173. The molecule has 0 unspecified atom stereocenters. The molecule has 1 aromatic heterocycles. The fourth-order valence-electron chi connectivity index (χ4n) is 1.98. The Morgan fingerprint density at radius 3 is 2.55 bits per heavy atom. The van der Waals surface area contributed by atoms with Crippen LogP contribution in [0.1, 0.15) is 37.7 Å². The number of hydrogen-bond donors (Lipinski definition) is 2. The van der Waals surface area contributed by atoms with Crippen LogP contribution in [-0.4, -0.2) is 28.5 Å². The molecule has 2 N–H and O–H groups in total. The van der Waals surface area contributed by atoms with E-state index in [0.29, 0.717) is 23.9 Å². The third kappa shape index (κ3) is 4.28. The van der Waals surface area contributed by atoms with Gasteiger partial charge in [-0.2, -0.15) is 0 Å². The Labute approximate surface area is 131 Å². The first-order valence-corrected chi connectivity index (χ1v) is 7.59. The highest BCUT2D eigenvalue weighted by Crippen LogP contribution is 2.18. The van der Waals surface area contributed by atoms with Crippen LogP contribution < -0.4 is 10.6 Å². The SMILES string of the molecule is CCCNC(=O)c1cc(NC(C)C)nc(-c2ccccc2)n1. The number of nitrogens with zero attached hydrogens (tertiary/aromatic N) is 2. The van der Waals surface area contributed by atoms with Crippen LogP contribution in [0, 0.1) is 0 Å². The van der Waals surface area contributed by atoms with Crippen LogP contribution in [0.5, 0.6) is 0 Å². The lowest BCUT2D eigenvalue weighted by atomic mass is 10.2. The van der Waals surface area contributed by atoms with E-state index in [0.717, 1.165) is 12.0 Å². The lowest BCUT2D eigenvalue weighted by Gasteiger charge is -2.12. The normalized spacial score (nSPS) is 10.5. The molecule has 0 fully saturated rings. The van der Waals surface area contributed by atoms with Gasteiger partial charge >= 0.3 is 0 Å². The predicted molar refractivity (Wildman–Crippen MR) is 88.9 cm³/mol. The molecule has 0 saturated carbocycles. The van der Waals surface area contributed by atoms with Gasteiger partial charge in [0.1, 0.15) is 11.5 Å². The molecule has 2 aromatic rings. The fourth-order valence-corrected chi connectivity index (χ4v) is 1.98. The molecule has 0 atom stereocenters. The first kappa shape index (κ1) is 15.9. The van der Waals surface area contributed by atoms with Crippen molar-refractivity contribution in [3.63, 3.8) is 0 Å². The van der Waals surface area contributed by atoms with Crippen molar-refractivity contribution in [1.29, 1.82) is 0 Å². The number of amides is 1. The third-order valence-corrected chi connectivity index (χ3v) is 2.96. The zero-order valence-corrected chi connectivity index (χ0v) is 13.3. The second-order valence-corrected chi connectivity index (χ2v) is 5.38. The largest absolute Gasteiger partial charge is 0.368 e. The van der Waals surface area contributed by atoms with Crippen LogP contribution in [0.15, 0.2) is 36.4 Å². The van der Waals surface area contributed by atoms with Gasteiger partial charge in [-0.15, -0.1) is 0 Å². The number of aromatic nitrogens is 2. The Balaban J connectivity index is 2.38. The minimum Gasteiger partial charge on any atom is -0.368 e. The van der Waals surface area contributed by atoms with Crippen molar-refractivity contribution in [1.82, 2.24) is 15.3 Å². The number of rotatable bonds is 6. The summed E-state index contributed by atoms with van der Waals surface area (Å²) < 4.78 is 0. The molecular weight excluding hydrogens is 276 g/mol. The number of anilines is 1. The molecule has 0 aliphatic heterocycles. The summed E-state index contributed by atoms with van der Waals surface area (Å²) in [4.78, 5) is 21.1. The summed E-state index contributed by atoms with van der Waals surface area (Å²) in [6, 6.07) is 11.6. The lowest BCUT2D eigenvalue weighted by molar-refractivity contribution is 0.0948. The van der Waals surface area contributed by atoms with Gasteiger partial charge in [0.05, 0.1) is 0 Å². The predicted octanol–water partition coefficient (Wildman–Crippen LogP) is 3.10. The molecule has 0 aliphatic rings. The van der Waals surface area contributed by atoms with Gasteiger partial charge in [-0.25, -0.2) is 9.97 Å². The van der Waals surface area contributed by atoms with Crippen LogP contribution >= 0.6 is 0 Å². The molecule has 5 heteroatoms. The van der Waals surface area contributed by atoms with E-state index in [2.05, 4.69) is 20.6 Å². The van der Waals surface area contributed by atoms with Crippen LogP contribution in [0.25, 0.3) is 11.4 Å². The van der Waals surface area contributed by atoms with E-state index in [4.69, 9.17) is 0 Å². The van der Waals surface area contributed by atoms with Gasteiger partial charge in [-0.3, -0.25) is 4.79 Å². The van der Waals surface area contributed by atoms with Gasteiger partial charge in [-0.05, 0) is 20.3 Å². The standard InChI is InChI=1S/C17H22N4O/c1-4-10-18-17(22)14-11-15(19-12(2)3)21-16(20-14)13-8-6-5-7-9-13/h5-9,11-12H,4,10H2,1-3H3,(H,18,22)(H,19,20,21). The van der Waals surface area contributed by atoms with Gasteiger partial charge in [0.15, 0.2) is 5.82 Å². The van der Waals surface area contributed by atoms with Crippen molar-refractivity contribution in [2.75, 3.05) is 11.9 Å². The Kier molecular flexibility index (Phi) is 5.47. The molecule has 0 radical (unpaired) electrons. The van der Waals surface area contributed by atoms with Crippen LogP contribution in [0.4, 0.5) is 5.82 Å². The second kappa shape index (κ2) is 7.54. The average molecular weight is 298 g/mol. The average Bonchev–Trinajstić information content (AvgIpc) is 2.52. The van der Waals surface area contributed by atoms with E-state index in [9.17, 15) is 4.79 Å². The third-order valence-electron chi connectivity index (χ3n) is 2.96. The molecule has 2 rings (SSSR count). The summed E-state index contributed by atoms with van der Waals surface area (Å²) in [6.45, 7) is 6.71. The van der Waals surface area contributed by atoms with Gasteiger partial charge < -0.3 is 10.6 Å². The second-order valence-electron chi connectivity index (χ2n) is 5.38. The Morgan fingerprint density at radius 2 is 1.91 bits per heavy atom. The summed E-state index contributed by atoms with van der Waals surface area (Å²) in [5, 5.41) is 6.09. The summed E-state index contributed by atoms with van der Waals surface area (Å²) in [6.07, 6.45) is 0.888. The monoisotopic (exact) mass is 298 g/mol. The Bertz CT molecular complexity index is 626. The zero-order chi connectivity index (χ0) is 15.9. The highest BCUT2D eigenvalue weighted by atomic mass is 16.1. The van der Waals surface area contributed by atoms with Gasteiger partial charge in [-0.1, -0.05) is 37.3 Å². The minimum absolute atomic E-state index is 0.173. The van der Waals surface area contributed by atoms with Gasteiger partial charge in [0, 0.05) is 24.2 Å². The Morgan fingerprint density at radius 1 is 1.18 bits per heavy atom. The first-order chi connectivity index (χ1) is 10.6. The van der Waals surface area contributed by atoms with Crippen molar-refractivity contribution >= 4 is 11.7 Å². The summed E-state index contributed by atoms with van der Waals surface area (Å²) in [5.41, 5.74) is 1.27. The molecule has 0 bridgehead atoms. The zero-order valence-electron chi connectivity index (χ0n) is 13.3. The number of carbonyl (C=O) groups is 1. The maximum Gasteiger partial charge on any atom is 0.270 e. The van der Waals surface area contributed by atoms with Crippen LogP contribution in [0.2, 0.25) is 0 Å². The molecule has 0 saturated heterocycles. The molecule has 22 heavy (non-hydrogen) atoms. The van der Waals surface area contributed by atoms with Crippen molar-refractivity contribution in [3.05, 3.63) is 42.1 Å². The number of benzene rings is 1. The van der Waals surface area contributed by atoms with Crippen LogP contribution in [-0.2, 0) is 0 Å². The molecule has 0 spiro atoms. The van der Waals surface area contributed by atoms with Crippen LogP contribution in [0.3, 0.4) is 0 Å². The van der Waals surface area contributed by atoms with Crippen molar-refractivity contribution in [3.8, 4) is 11.4 Å². The summed E-state index contributed by atoms with van der Waals surface area (Å²) in [7, 11) is 0. The number of hydrogen-bond acceptors (Lipinski definition) is 4. The highest BCUT2D eigenvalue weighted by Gasteiger charge is 2.13. The molecular formula is C17H22N4O. The van der Waals surface area contributed by atoms with Gasteiger partial charge in [0.25, 0.3) is 5.91 Å². The molecule has 5 nitrogen and oxygen atoms in total. The maximum absolute atomic E-state index is 12.2. The first-order valence-electron chi connectivity index (χ1n) is 7.59.